The third-order valence-electron chi connectivity index (χ3n) is 4.88. The number of aliphatic hydroxyl groups is 1. The summed E-state index contributed by atoms with van der Waals surface area (Å²) in [5, 5.41) is 15.9. The van der Waals surface area contributed by atoms with Gasteiger partial charge in [-0.3, -0.25) is 4.79 Å². The van der Waals surface area contributed by atoms with E-state index in [1.165, 1.54) is 0 Å². The van der Waals surface area contributed by atoms with E-state index in [0.29, 0.717) is 12.1 Å². The smallest absolute Gasteiger partial charge is 0.319 e. The number of hydrogen-bond acceptors (Lipinski definition) is 3. The molecular formula is C18H24N2O3. The topological polar surface area (TPSA) is 78.4 Å². The third-order valence-corrected chi connectivity index (χ3v) is 4.88. The van der Waals surface area contributed by atoms with E-state index in [9.17, 15) is 14.7 Å². The van der Waals surface area contributed by atoms with E-state index in [1.54, 1.807) is 6.07 Å². The number of Topliss-reactive ketones (excluding diaryl/α,β-unsaturated/α-hetero) is 1. The molecule has 124 valence electrons. The summed E-state index contributed by atoms with van der Waals surface area (Å²) in [6.45, 7) is 0.267. The second-order valence-electron chi connectivity index (χ2n) is 6.74. The van der Waals surface area contributed by atoms with Gasteiger partial charge in [-0.25, -0.2) is 4.79 Å². The van der Waals surface area contributed by atoms with Crippen LogP contribution in [0.25, 0.3) is 0 Å². The Morgan fingerprint density at radius 2 is 1.91 bits per heavy atom. The second kappa shape index (κ2) is 6.71. The number of aryl methyl sites for hydroxylation is 1. The molecule has 5 nitrogen and oxygen atoms in total. The number of ketones is 1. The molecule has 1 fully saturated rings. The number of carbonyl (C=O) groups is 2. The molecule has 2 aliphatic rings. The van der Waals surface area contributed by atoms with Crippen molar-refractivity contribution >= 4 is 17.5 Å². The van der Waals surface area contributed by atoms with Crippen molar-refractivity contribution in [3.05, 3.63) is 29.3 Å². The van der Waals surface area contributed by atoms with Crippen molar-refractivity contribution in [1.82, 2.24) is 5.32 Å². The molecule has 0 spiro atoms. The summed E-state index contributed by atoms with van der Waals surface area (Å²) in [5.41, 5.74) is 1.62. The van der Waals surface area contributed by atoms with Crippen LogP contribution in [0.15, 0.2) is 18.2 Å². The van der Waals surface area contributed by atoms with Crippen LogP contribution in [0, 0.1) is 0 Å². The van der Waals surface area contributed by atoms with Crippen LogP contribution in [-0.4, -0.2) is 29.1 Å². The molecule has 2 amide bonds. The zero-order valence-electron chi connectivity index (χ0n) is 13.4. The summed E-state index contributed by atoms with van der Waals surface area (Å²) in [7, 11) is 0. The number of nitrogens with one attached hydrogen (secondary N) is 2. The zero-order valence-corrected chi connectivity index (χ0v) is 13.4. The van der Waals surface area contributed by atoms with Crippen molar-refractivity contribution in [3.8, 4) is 0 Å². The van der Waals surface area contributed by atoms with Gasteiger partial charge in [0.1, 0.15) is 0 Å². The van der Waals surface area contributed by atoms with Gasteiger partial charge in [0.25, 0.3) is 0 Å². The Balaban J connectivity index is 1.57. The molecule has 0 atom stereocenters. The lowest BCUT2D eigenvalue weighted by molar-refractivity contribution is 0.00755. The normalized spacial score (nSPS) is 19.8. The maximum absolute atomic E-state index is 12.0. The van der Waals surface area contributed by atoms with Crippen molar-refractivity contribution in [2.24, 2.45) is 0 Å². The molecule has 1 aromatic carbocycles. The molecule has 23 heavy (non-hydrogen) atoms. The molecule has 0 aromatic heterocycles. The number of benzene rings is 1. The van der Waals surface area contributed by atoms with Gasteiger partial charge in [0.15, 0.2) is 5.78 Å². The highest BCUT2D eigenvalue weighted by molar-refractivity contribution is 6.00. The SMILES string of the molecule is O=C(NCC1(O)CCCCC1)Nc1ccc2c(c1)C(=O)CCC2. The molecule has 1 saturated carbocycles. The number of amides is 2. The lowest BCUT2D eigenvalue weighted by atomic mass is 9.85. The van der Waals surface area contributed by atoms with Crippen LogP contribution in [0.4, 0.5) is 10.5 Å². The highest BCUT2D eigenvalue weighted by Crippen LogP contribution is 2.27. The molecule has 5 heteroatoms. The van der Waals surface area contributed by atoms with Gasteiger partial charge in [0.2, 0.25) is 0 Å². The van der Waals surface area contributed by atoms with Gasteiger partial charge >= 0.3 is 6.03 Å². The average molecular weight is 316 g/mol. The minimum absolute atomic E-state index is 0.145. The monoisotopic (exact) mass is 316 g/mol. The maximum atomic E-state index is 12.0. The summed E-state index contributed by atoms with van der Waals surface area (Å²) in [4.78, 5) is 24.0. The molecule has 1 aromatic rings. The second-order valence-corrected chi connectivity index (χ2v) is 6.74. The quantitative estimate of drug-likeness (QED) is 0.802. The molecule has 2 aliphatic carbocycles. The Bertz CT molecular complexity index is 606. The minimum Gasteiger partial charge on any atom is -0.388 e. The molecule has 0 heterocycles. The summed E-state index contributed by atoms with van der Waals surface area (Å²) in [6.07, 6.45) is 7.03. The molecule has 0 unspecified atom stereocenters. The fourth-order valence-corrected chi connectivity index (χ4v) is 3.51. The third kappa shape index (κ3) is 3.91. The Morgan fingerprint density at radius 1 is 1.13 bits per heavy atom. The van der Waals surface area contributed by atoms with E-state index >= 15 is 0 Å². The fourth-order valence-electron chi connectivity index (χ4n) is 3.51. The van der Waals surface area contributed by atoms with Crippen molar-refractivity contribution in [2.45, 2.75) is 57.0 Å². The molecular weight excluding hydrogens is 292 g/mol. The molecule has 0 aliphatic heterocycles. The number of urea groups is 1. The lowest BCUT2D eigenvalue weighted by Gasteiger charge is -2.32. The first-order valence-electron chi connectivity index (χ1n) is 8.49. The van der Waals surface area contributed by atoms with Crippen LogP contribution in [0.2, 0.25) is 0 Å². The predicted molar refractivity (Wildman–Crippen MR) is 88.8 cm³/mol. The van der Waals surface area contributed by atoms with E-state index in [1.807, 2.05) is 12.1 Å². The molecule has 3 N–H and O–H groups in total. The summed E-state index contributed by atoms with van der Waals surface area (Å²) >= 11 is 0. The Morgan fingerprint density at radius 3 is 2.70 bits per heavy atom. The average Bonchev–Trinajstić information content (AvgIpc) is 2.55. The fraction of sp³-hybridized carbons (Fsp3) is 0.556. The van der Waals surface area contributed by atoms with Crippen LogP contribution in [0.1, 0.15) is 60.9 Å². The Hall–Kier alpha value is -1.88. The van der Waals surface area contributed by atoms with Gasteiger partial charge < -0.3 is 15.7 Å². The number of rotatable bonds is 3. The number of anilines is 1. The molecule has 0 bridgehead atoms. The number of fused-ring (bicyclic) bond motifs is 1. The summed E-state index contributed by atoms with van der Waals surface area (Å²) < 4.78 is 0. The van der Waals surface area contributed by atoms with Crippen molar-refractivity contribution in [2.75, 3.05) is 11.9 Å². The molecule has 0 radical (unpaired) electrons. The number of hydrogen-bond donors (Lipinski definition) is 3. The van der Waals surface area contributed by atoms with Crippen LogP contribution < -0.4 is 10.6 Å². The largest absolute Gasteiger partial charge is 0.388 e. The maximum Gasteiger partial charge on any atom is 0.319 e. The van der Waals surface area contributed by atoms with Gasteiger partial charge in [-0.1, -0.05) is 25.3 Å². The number of carbonyl (C=O) groups excluding carboxylic acids is 2. The highest BCUT2D eigenvalue weighted by atomic mass is 16.3. The first kappa shape index (κ1) is 16.0. The van der Waals surface area contributed by atoms with Crippen LogP contribution >= 0.6 is 0 Å². The van der Waals surface area contributed by atoms with E-state index in [0.717, 1.165) is 56.1 Å². The van der Waals surface area contributed by atoms with Gasteiger partial charge in [-0.15, -0.1) is 0 Å². The minimum atomic E-state index is -0.776. The Labute approximate surface area is 136 Å². The first-order valence-corrected chi connectivity index (χ1v) is 8.49. The summed E-state index contributed by atoms with van der Waals surface area (Å²) in [6, 6.07) is 5.15. The van der Waals surface area contributed by atoms with E-state index in [4.69, 9.17) is 0 Å². The van der Waals surface area contributed by atoms with Crippen LogP contribution in [-0.2, 0) is 6.42 Å². The van der Waals surface area contributed by atoms with Crippen LogP contribution in [0.3, 0.4) is 0 Å². The predicted octanol–water partition coefficient (Wildman–Crippen LogP) is 3.02. The van der Waals surface area contributed by atoms with Gasteiger partial charge in [-0.05, 0) is 43.4 Å². The lowest BCUT2D eigenvalue weighted by Crippen LogP contribution is -2.45. The van der Waals surface area contributed by atoms with Crippen molar-refractivity contribution in [3.63, 3.8) is 0 Å². The van der Waals surface area contributed by atoms with E-state index < -0.39 is 5.60 Å². The van der Waals surface area contributed by atoms with Gasteiger partial charge in [0.05, 0.1) is 5.60 Å². The summed E-state index contributed by atoms with van der Waals surface area (Å²) in [5.74, 6) is 0.145. The van der Waals surface area contributed by atoms with E-state index in [-0.39, 0.29) is 18.4 Å². The highest BCUT2D eigenvalue weighted by Gasteiger charge is 2.29. The van der Waals surface area contributed by atoms with Crippen LogP contribution in [0.5, 0.6) is 0 Å². The molecule has 3 rings (SSSR count). The zero-order chi connectivity index (χ0) is 16.3. The van der Waals surface area contributed by atoms with E-state index in [2.05, 4.69) is 10.6 Å². The first-order chi connectivity index (χ1) is 11.1. The molecule has 0 saturated heterocycles. The standard InChI is InChI=1S/C18H24N2O3/c21-16-6-4-5-13-7-8-14(11-15(13)16)20-17(22)19-12-18(23)9-2-1-3-10-18/h7-8,11,23H,1-6,9-10,12H2,(H2,19,20,22). The Kier molecular flexibility index (Phi) is 4.66. The van der Waals surface area contributed by atoms with Crippen molar-refractivity contribution in [1.29, 1.82) is 0 Å². The van der Waals surface area contributed by atoms with Crippen molar-refractivity contribution < 1.29 is 14.7 Å². The van der Waals surface area contributed by atoms with Gasteiger partial charge in [0, 0.05) is 24.2 Å². The van der Waals surface area contributed by atoms with Gasteiger partial charge in [-0.2, -0.15) is 0 Å².